The van der Waals surface area contributed by atoms with Crippen molar-refractivity contribution in [2.24, 2.45) is 5.92 Å². The monoisotopic (exact) mass is 183 g/mol. The van der Waals surface area contributed by atoms with Gasteiger partial charge in [0.05, 0.1) is 0 Å². The summed E-state index contributed by atoms with van der Waals surface area (Å²) < 4.78 is 0. The normalized spacial score (nSPS) is 35.2. The number of carbonyl (C=O) groups excluding carboxylic acids is 1. The van der Waals surface area contributed by atoms with Gasteiger partial charge in [-0.2, -0.15) is 0 Å². The number of hydrogen-bond acceptors (Lipinski definition) is 2. The maximum absolute atomic E-state index is 10.9. The van der Waals surface area contributed by atoms with Crippen molar-refractivity contribution in [3.8, 4) is 0 Å². The van der Waals surface area contributed by atoms with Crippen LogP contribution in [0.5, 0.6) is 0 Å². The molecule has 0 aliphatic carbocycles. The van der Waals surface area contributed by atoms with Crippen molar-refractivity contribution in [2.75, 3.05) is 6.54 Å². The minimum atomic E-state index is 0.224. The lowest BCUT2D eigenvalue weighted by molar-refractivity contribution is -0.122. The van der Waals surface area contributed by atoms with Crippen LogP contribution in [-0.4, -0.2) is 17.7 Å². The smallest absolute Gasteiger partial charge is 0.220 e. The zero-order chi connectivity index (χ0) is 8.39. The van der Waals surface area contributed by atoms with E-state index >= 15 is 0 Å². The standard InChI is InChI=1S/C9H13NOS/c11-9-4-3-7(6-10-9)8-2-1-5-12-8/h1,5,7-8H,2-4,6H2,(H,10,11). The molecule has 2 aliphatic rings. The number of carbonyl (C=O) groups is 1. The highest BCUT2D eigenvalue weighted by molar-refractivity contribution is 8.03. The van der Waals surface area contributed by atoms with Crippen molar-refractivity contribution in [1.82, 2.24) is 5.32 Å². The Morgan fingerprint density at radius 2 is 2.50 bits per heavy atom. The predicted octanol–water partition coefficient (Wildman–Crippen LogP) is 1.53. The quantitative estimate of drug-likeness (QED) is 0.668. The van der Waals surface area contributed by atoms with Gasteiger partial charge in [0.2, 0.25) is 5.91 Å². The molecule has 66 valence electrons. The van der Waals surface area contributed by atoms with Crippen LogP contribution in [0.2, 0.25) is 0 Å². The van der Waals surface area contributed by atoms with Crippen LogP contribution in [0.25, 0.3) is 0 Å². The summed E-state index contributed by atoms with van der Waals surface area (Å²) in [6.45, 7) is 0.887. The van der Waals surface area contributed by atoms with Gasteiger partial charge in [-0.25, -0.2) is 0 Å². The molecular weight excluding hydrogens is 170 g/mol. The molecular formula is C9H13NOS. The molecule has 0 radical (unpaired) electrons. The molecule has 0 aromatic carbocycles. The predicted molar refractivity (Wildman–Crippen MR) is 50.9 cm³/mol. The lowest BCUT2D eigenvalue weighted by Crippen LogP contribution is -2.38. The van der Waals surface area contributed by atoms with Gasteiger partial charge in [-0.1, -0.05) is 6.08 Å². The van der Waals surface area contributed by atoms with E-state index in [0.29, 0.717) is 5.92 Å². The van der Waals surface area contributed by atoms with E-state index in [9.17, 15) is 4.79 Å². The van der Waals surface area contributed by atoms with Crippen molar-refractivity contribution < 1.29 is 4.79 Å². The maximum atomic E-state index is 10.9. The molecule has 1 amide bonds. The van der Waals surface area contributed by atoms with Crippen LogP contribution < -0.4 is 5.32 Å². The fraction of sp³-hybridized carbons (Fsp3) is 0.667. The van der Waals surface area contributed by atoms with E-state index in [-0.39, 0.29) is 5.91 Å². The first-order chi connectivity index (χ1) is 5.86. The molecule has 2 unspecified atom stereocenters. The summed E-state index contributed by atoms with van der Waals surface area (Å²) in [6.07, 6.45) is 5.21. The highest BCUT2D eigenvalue weighted by Crippen LogP contribution is 2.33. The zero-order valence-corrected chi connectivity index (χ0v) is 7.77. The number of thioether (sulfide) groups is 1. The van der Waals surface area contributed by atoms with Gasteiger partial charge in [0.15, 0.2) is 0 Å². The lowest BCUT2D eigenvalue weighted by Gasteiger charge is -2.26. The molecule has 2 atom stereocenters. The van der Waals surface area contributed by atoms with Crippen molar-refractivity contribution in [1.29, 1.82) is 0 Å². The van der Waals surface area contributed by atoms with Crippen molar-refractivity contribution in [2.45, 2.75) is 24.5 Å². The average molecular weight is 183 g/mol. The van der Waals surface area contributed by atoms with E-state index in [2.05, 4.69) is 16.8 Å². The fourth-order valence-corrected chi connectivity index (χ4v) is 2.88. The van der Waals surface area contributed by atoms with Gasteiger partial charge >= 0.3 is 0 Å². The Morgan fingerprint density at radius 1 is 1.58 bits per heavy atom. The number of hydrogen-bond donors (Lipinski definition) is 1. The third-order valence-corrected chi connectivity index (χ3v) is 3.82. The Bertz CT molecular complexity index is 197. The molecule has 1 fully saturated rings. The molecule has 0 saturated carbocycles. The highest BCUT2D eigenvalue weighted by atomic mass is 32.2. The Kier molecular flexibility index (Phi) is 2.40. The molecule has 2 nitrogen and oxygen atoms in total. The Morgan fingerprint density at radius 3 is 3.08 bits per heavy atom. The topological polar surface area (TPSA) is 29.1 Å². The molecule has 1 N–H and O–H groups in total. The summed E-state index contributed by atoms with van der Waals surface area (Å²) in [7, 11) is 0. The molecule has 2 heterocycles. The average Bonchev–Trinajstić information content (AvgIpc) is 2.58. The van der Waals surface area contributed by atoms with Gasteiger partial charge in [-0.05, 0) is 24.2 Å². The second-order valence-corrected chi connectivity index (χ2v) is 4.53. The number of rotatable bonds is 1. The second kappa shape index (κ2) is 3.52. The number of piperidine rings is 1. The van der Waals surface area contributed by atoms with E-state index in [1.54, 1.807) is 0 Å². The zero-order valence-electron chi connectivity index (χ0n) is 6.95. The van der Waals surface area contributed by atoms with Crippen molar-refractivity contribution >= 4 is 17.7 Å². The van der Waals surface area contributed by atoms with E-state index in [0.717, 1.165) is 24.6 Å². The molecule has 2 rings (SSSR count). The summed E-state index contributed by atoms with van der Waals surface area (Å²) in [5.41, 5.74) is 0. The molecule has 3 heteroatoms. The minimum absolute atomic E-state index is 0.224. The van der Waals surface area contributed by atoms with Crippen molar-refractivity contribution in [3.63, 3.8) is 0 Å². The van der Waals surface area contributed by atoms with Gasteiger partial charge in [0.25, 0.3) is 0 Å². The second-order valence-electron chi connectivity index (χ2n) is 3.38. The number of allylic oxidation sites excluding steroid dienone is 1. The Balaban J connectivity index is 1.85. The van der Waals surface area contributed by atoms with Crippen LogP contribution in [0, 0.1) is 5.92 Å². The van der Waals surface area contributed by atoms with Gasteiger partial charge in [-0.15, -0.1) is 11.8 Å². The first-order valence-corrected chi connectivity index (χ1v) is 5.38. The number of amides is 1. The molecule has 0 bridgehead atoms. The first-order valence-electron chi connectivity index (χ1n) is 4.43. The minimum Gasteiger partial charge on any atom is -0.356 e. The lowest BCUT2D eigenvalue weighted by atomic mass is 9.94. The molecule has 1 saturated heterocycles. The van der Waals surface area contributed by atoms with Crippen LogP contribution in [0.15, 0.2) is 11.5 Å². The highest BCUT2D eigenvalue weighted by Gasteiger charge is 2.26. The molecule has 0 aromatic heterocycles. The van der Waals surface area contributed by atoms with Crippen molar-refractivity contribution in [3.05, 3.63) is 11.5 Å². The number of nitrogens with one attached hydrogen (secondary N) is 1. The maximum Gasteiger partial charge on any atom is 0.220 e. The van der Waals surface area contributed by atoms with E-state index in [4.69, 9.17) is 0 Å². The van der Waals surface area contributed by atoms with Crippen LogP contribution in [0.3, 0.4) is 0 Å². The third-order valence-electron chi connectivity index (χ3n) is 2.55. The largest absolute Gasteiger partial charge is 0.356 e. The molecule has 2 aliphatic heterocycles. The van der Waals surface area contributed by atoms with Gasteiger partial charge in [0, 0.05) is 18.2 Å². The summed E-state index contributed by atoms with van der Waals surface area (Å²) in [4.78, 5) is 10.9. The van der Waals surface area contributed by atoms with Gasteiger partial charge in [-0.3, -0.25) is 4.79 Å². The van der Waals surface area contributed by atoms with Crippen LogP contribution in [0.1, 0.15) is 19.3 Å². The summed E-state index contributed by atoms with van der Waals surface area (Å²) >= 11 is 1.92. The van der Waals surface area contributed by atoms with E-state index in [1.807, 2.05) is 11.8 Å². The third kappa shape index (κ3) is 1.66. The molecule has 12 heavy (non-hydrogen) atoms. The van der Waals surface area contributed by atoms with E-state index < -0.39 is 0 Å². The summed E-state index contributed by atoms with van der Waals surface area (Å²) in [6, 6.07) is 0. The Hall–Kier alpha value is -0.440. The molecule has 0 aromatic rings. The first kappa shape index (κ1) is 8.17. The Labute approximate surface area is 76.8 Å². The van der Waals surface area contributed by atoms with Gasteiger partial charge in [0.1, 0.15) is 0 Å². The van der Waals surface area contributed by atoms with Crippen LogP contribution in [0.4, 0.5) is 0 Å². The fourth-order valence-electron chi connectivity index (χ4n) is 1.77. The van der Waals surface area contributed by atoms with Gasteiger partial charge < -0.3 is 5.32 Å². The van der Waals surface area contributed by atoms with Crippen LogP contribution in [-0.2, 0) is 4.79 Å². The van der Waals surface area contributed by atoms with Crippen LogP contribution >= 0.6 is 11.8 Å². The van der Waals surface area contributed by atoms with E-state index in [1.165, 1.54) is 6.42 Å². The summed E-state index contributed by atoms with van der Waals surface area (Å²) in [5, 5.41) is 5.84. The SMILES string of the molecule is O=C1CCC(C2CC=CS2)CN1. The molecule has 0 spiro atoms. The summed E-state index contributed by atoms with van der Waals surface area (Å²) in [5.74, 6) is 0.921.